The van der Waals surface area contributed by atoms with Crippen LogP contribution in [0, 0.1) is 29.2 Å². The van der Waals surface area contributed by atoms with E-state index in [1.54, 1.807) is 54.8 Å². The molecule has 0 bridgehead atoms. The molecule has 3 aromatic carbocycles. The normalized spacial score (nSPS) is 17.1. The highest BCUT2D eigenvalue weighted by Crippen LogP contribution is 2.36. The number of rotatable bonds is 15. The fourth-order valence-electron chi connectivity index (χ4n) is 5.79. The lowest BCUT2D eigenvalue weighted by molar-refractivity contribution is -0.0348. The Hall–Kier alpha value is -3.12. The van der Waals surface area contributed by atoms with Crippen LogP contribution >= 0.6 is 0 Å². The maximum absolute atomic E-state index is 15.2. The van der Waals surface area contributed by atoms with Crippen molar-refractivity contribution in [3.05, 3.63) is 95.3 Å². The second kappa shape index (κ2) is 16.7. The predicted octanol–water partition coefficient (Wildman–Crippen LogP) is 11.3. The van der Waals surface area contributed by atoms with Crippen molar-refractivity contribution in [2.24, 2.45) is 5.92 Å². The minimum atomic E-state index is -0.949. The van der Waals surface area contributed by atoms with Crippen LogP contribution in [0.3, 0.4) is 0 Å². The zero-order valence-corrected chi connectivity index (χ0v) is 25.4. The van der Waals surface area contributed by atoms with Gasteiger partial charge in [0.05, 0.1) is 25.6 Å². The summed E-state index contributed by atoms with van der Waals surface area (Å²) in [4.78, 5) is 0. The van der Waals surface area contributed by atoms with Gasteiger partial charge in [0.1, 0.15) is 0 Å². The molecule has 1 heterocycles. The zero-order chi connectivity index (χ0) is 30.6. The van der Waals surface area contributed by atoms with E-state index >= 15 is 13.2 Å². The second-order valence-corrected chi connectivity index (χ2v) is 11.6. The molecule has 1 saturated heterocycles. The Morgan fingerprint density at radius 2 is 1.33 bits per heavy atom. The summed E-state index contributed by atoms with van der Waals surface area (Å²) in [6, 6.07) is 12.8. The Kier molecular flexibility index (Phi) is 12.7. The molecule has 0 aliphatic carbocycles. The fraction of sp³-hybridized carbons (Fsp3) is 0.459. The van der Waals surface area contributed by atoms with Crippen LogP contribution in [0.4, 0.5) is 17.6 Å². The highest BCUT2D eigenvalue weighted by Gasteiger charge is 2.27. The van der Waals surface area contributed by atoms with Crippen LogP contribution in [-0.4, -0.2) is 13.2 Å². The largest absolute Gasteiger partial charge is 0.501 e. The maximum atomic E-state index is 15.2. The quantitative estimate of drug-likeness (QED) is 0.0987. The van der Waals surface area contributed by atoms with Gasteiger partial charge in [0.25, 0.3) is 0 Å². The summed E-state index contributed by atoms with van der Waals surface area (Å²) in [5, 5.41) is 0. The lowest BCUT2D eigenvalue weighted by atomic mass is 9.93. The lowest BCUT2D eigenvalue weighted by Crippen LogP contribution is -2.24. The minimum Gasteiger partial charge on any atom is -0.501 e. The molecule has 2 atom stereocenters. The van der Waals surface area contributed by atoms with Crippen LogP contribution in [0.2, 0.25) is 0 Å². The zero-order valence-electron chi connectivity index (χ0n) is 25.4. The summed E-state index contributed by atoms with van der Waals surface area (Å²) in [6.07, 6.45) is 14.0. The Morgan fingerprint density at radius 3 is 1.93 bits per heavy atom. The summed E-state index contributed by atoms with van der Waals surface area (Å²) >= 11 is 0. The molecule has 3 aromatic rings. The van der Waals surface area contributed by atoms with Gasteiger partial charge in [-0.3, -0.25) is 0 Å². The Morgan fingerprint density at radius 1 is 0.721 bits per heavy atom. The van der Waals surface area contributed by atoms with Gasteiger partial charge in [0.15, 0.2) is 23.3 Å². The molecule has 0 saturated carbocycles. The van der Waals surface area contributed by atoms with E-state index in [0.29, 0.717) is 42.7 Å². The van der Waals surface area contributed by atoms with Crippen molar-refractivity contribution in [3.63, 3.8) is 0 Å². The molecule has 0 aromatic heterocycles. The number of aryl methyl sites for hydroxylation is 1. The van der Waals surface area contributed by atoms with Crippen molar-refractivity contribution in [2.75, 3.05) is 13.2 Å². The van der Waals surface area contributed by atoms with Crippen molar-refractivity contribution in [3.8, 4) is 22.3 Å². The molecule has 1 fully saturated rings. The number of hydrogen-bond acceptors (Lipinski definition) is 2. The number of ether oxygens (including phenoxy) is 2. The third-order valence-corrected chi connectivity index (χ3v) is 8.36. The first-order valence-electron chi connectivity index (χ1n) is 15.8. The van der Waals surface area contributed by atoms with Crippen molar-refractivity contribution in [1.82, 2.24) is 0 Å². The van der Waals surface area contributed by atoms with Gasteiger partial charge in [-0.05, 0) is 49.3 Å². The molecule has 0 N–H and O–H groups in total. The van der Waals surface area contributed by atoms with Gasteiger partial charge in [-0.25, -0.2) is 17.6 Å². The molecule has 1 aliphatic rings. The monoisotopic (exact) mass is 596 g/mol. The summed E-state index contributed by atoms with van der Waals surface area (Å²) in [5.41, 5.74) is 1.77. The van der Waals surface area contributed by atoms with Crippen LogP contribution in [0.5, 0.6) is 0 Å². The van der Waals surface area contributed by atoms with Gasteiger partial charge in [-0.2, -0.15) is 0 Å². The standard InChI is InChI=1S/C37H44F4O2/c1-3-5-6-7-8-9-10-11-12-29-18-19-30(35(39)34(29)38)27-14-16-28(17-15-27)31-20-21-32(37(41)36(31)40)33-22-13-26(25-43-33)24-42-23-4-2/h4,14-21,23,26,33H,3,5-13,22,24-25H2,1-2H3/b23-4+. The summed E-state index contributed by atoms with van der Waals surface area (Å²) in [7, 11) is 0. The molecule has 2 nitrogen and oxygen atoms in total. The summed E-state index contributed by atoms with van der Waals surface area (Å²) < 4.78 is 71.6. The van der Waals surface area contributed by atoms with Crippen molar-refractivity contribution in [1.29, 1.82) is 0 Å². The van der Waals surface area contributed by atoms with Gasteiger partial charge < -0.3 is 9.47 Å². The fourth-order valence-corrected chi connectivity index (χ4v) is 5.79. The third kappa shape index (κ3) is 8.72. The minimum absolute atomic E-state index is 0.105. The highest BCUT2D eigenvalue weighted by atomic mass is 19.2. The van der Waals surface area contributed by atoms with Gasteiger partial charge >= 0.3 is 0 Å². The lowest BCUT2D eigenvalue weighted by Gasteiger charge is -2.29. The molecule has 0 radical (unpaired) electrons. The van der Waals surface area contributed by atoms with E-state index < -0.39 is 29.4 Å². The number of halogens is 4. The summed E-state index contributed by atoms with van der Waals surface area (Å²) in [6.45, 7) is 5.02. The van der Waals surface area contributed by atoms with Crippen LogP contribution in [0.25, 0.3) is 22.3 Å². The van der Waals surface area contributed by atoms with E-state index in [1.807, 2.05) is 13.0 Å². The van der Waals surface area contributed by atoms with Crippen LogP contribution in [0.15, 0.2) is 60.9 Å². The first-order valence-corrected chi connectivity index (χ1v) is 15.8. The van der Waals surface area contributed by atoms with E-state index in [-0.39, 0.29) is 22.6 Å². The molecule has 232 valence electrons. The predicted molar refractivity (Wildman–Crippen MR) is 166 cm³/mol. The van der Waals surface area contributed by atoms with Crippen molar-refractivity contribution in [2.45, 2.75) is 90.6 Å². The van der Waals surface area contributed by atoms with E-state index in [4.69, 9.17) is 9.47 Å². The Balaban J connectivity index is 1.37. The SMILES string of the molecule is C/C=C/OCC1CCC(c2ccc(-c3ccc(-c4ccc(CCCCCCCCCC)c(F)c4F)cc3)c(F)c2F)OC1. The van der Waals surface area contributed by atoms with Gasteiger partial charge in [0.2, 0.25) is 0 Å². The maximum Gasteiger partial charge on any atom is 0.167 e. The molecule has 2 unspecified atom stereocenters. The Labute approximate surface area is 254 Å². The van der Waals surface area contributed by atoms with E-state index in [0.717, 1.165) is 25.7 Å². The molecule has 1 aliphatic heterocycles. The first kappa shape index (κ1) is 32.8. The second-order valence-electron chi connectivity index (χ2n) is 11.6. The molecular weight excluding hydrogens is 552 g/mol. The molecule has 0 amide bonds. The van der Waals surface area contributed by atoms with E-state index in [9.17, 15) is 4.39 Å². The van der Waals surface area contributed by atoms with Crippen LogP contribution in [-0.2, 0) is 15.9 Å². The average Bonchev–Trinajstić information content (AvgIpc) is 3.02. The number of unbranched alkanes of at least 4 members (excludes halogenated alkanes) is 7. The first-order chi connectivity index (χ1) is 20.9. The van der Waals surface area contributed by atoms with Crippen LogP contribution in [0.1, 0.15) is 95.3 Å². The number of allylic oxidation sites excluding steroid dienone is 1. The van der Waals surface area contributed by atoms with Gasteiger partial charge in [-0.1, -0.05) is 106 Å². The highest BCUT2D eigenvalue weighted by molar-refractivity contribution is 5.71. The van der Waals surface area contributed by atoms with E-state index in [2.05, 4.69) is 6.92 Å². The van der Waals surface area contributed by atoms with E-state index in [1.165, 1.54) is 32.1 Å². The van der Waals surface area contributed by atoms with Crippen molar-refractivity contribution < 1.29 is 27.0 Å². The number of benzene rings is 3. The number of hydrogen-bond donors (Lipinski definition) is 0. The van der Waals surface area contributed by atoms with Gasteiger partial charge in [0, 0.05) is 22.6 Å². The smallest absolute Gasteiger partial charge is 0.167 e. The molecule has 6 heteroatoms. The topological polar surface area (TPSA) is 18.5 Å². The molecule has 43 heavy (non-hydrogen) atoms. The molecular formula is C37H44F4O2. The average molecular weight is 597 g/mol. The molecule has 4 rings (SSSR count). The van der Waals surface area contributed by atoms with Crippen LogP contribution < -0.4 is 0 Å². The third-order valence-electron chi connectivity index (χ3n) is 8.36. The van der Waals surface area contributed by atoms with Gasteiger partial charge in [-0.15, -0.1) is 0 Å². The Bertz CT molecular complexity index is 1330. The van der Waals surface area contributed by atoms with Crippen molar-refractivity contribution >= 4 is 0 Å². The molecule has 0 spiro atoms. The summed E-state index contributed by atoms with van der Waals surface area (Å²) in [5.74, 6) is -3.35.